The first-order valence-corrected chi connectivity index (χ1v) is 9.85. The number of nitro groups is 2. The van der Waals surface area contributed by atoms with E-state index in [0.29, 0.717) is 0 Å². The summed E-state index contributed by atoms with van der Waals surface area (Å²) in [5.41, 5.74) is -0.0128. The molecular weight excluding hydrogens is 524 g/mol. The Morgan fingerprint density at radius 1 is 0.633 bits per heavy atom. The quantitative estimate of drug-likeness (QED) is 0.234. The Balaban J connectivity index is 1.97. The smallest absolute Gasteiger partial charge is 0.284 e. The lowest BCUT2D eigenvalue weighted by molar-refractivity contribution is -0.385. The summed E-state index contributed by atoms with van der Waals surface area (Å²) in [6.45, 7) is 0. The lowest BCUT2D eigenvalue weighted by Gasteiger charge is -2.06. The van der Waals surface area contributed by atoms with Crippen LogP contribution in [0.2, 0.25) is 0 Å². The highest BCUT2D eigenvalue weighted by molar-refractivity contribution is 9.11. The van der Waals surface area contributed by atoms with Gasteiger partial charge in [-0.2, -0.15) is 0 Å². The summed E-state index contributed by atoms with van der Waals surface area (Å²) in [6, 6.07) is 13.8. The molecule has 0 aromatic heterocycles. The molecule has 0 bridgehead atoms. The number of halogens is 2. The normalized spacial score (nSPS) is 10.5. The van der Waals surface area contributed by atoms with E-state index in [0.717, 1.165) is 12.1 Å². The molecular formula is C20H10Br2N2O6. The molecule has 0 aliphatic heterocycles. The molecule has 3 rings (SSSR count). The molecule has 0 amide bonds. The summed E-state index contributed by atoms with van der Waals surface area (Å²) >= 11 is 6.13. The number of nitro benzene ring substituents is 2. The molecule has 150 valence electrons. The number of hydrogen-bond acceptors (Lipinski definition) is 6. The molecule has 0 saturated heterocycles. The van der Waals surface area contributed by atoms with Crippen molar-refractivity contribution in [3.8, 4) is 0 Å². The predicted molar refractivity (Wildman–Crippen MR) is 115 cm³/mol. The number of benzene rings is 3. The van der Waals surface area contributed by atoms with Gasteiger partial charge in [-0.25, -0.2) is 0 Å². The van der Waals surface area contributed by atoms with Crippen LogP contribution in [-0.2, 0) is 0 Å². The molecule has 0 atom stereocenters. The Morgan fingerprint density at radius 2 is 1.00 bits per heavy atom. The molecule has 0 fully saturated rings. The maximum Gasteiger partial charge on any atom is 0.284 e. The fraction of sp³-hybridized carbons (Fsp3) is 0. The van der Waals surface area contributed by atoms with Crippen molar-refractivity contribution >= 4 is 54.8 Å². The van der Waals surface area contributed by atoms with E-state index in [-0.39, 0.29) is 42.6 Å². The van der Waals surface area contributed by atoms with Crippen molar-refractivity contribution < 1.29 is 19.4 Å². The summed E-state index contributed by atoms with van der Waals surface area (Å²) in [7, 11) is 0. The van der Waals surface area contributed by atoms with Gasteiger partial charge >= 0.3 is 0 Å². The van der Waals surface area contributed by atoms with Crippen LogP contribution in [0.4, 0.5) is 11.4 Å². The highest BCUT2D eigenvalue weighted by Crippen LogP contribution is 2.28. The van der Waals surface area contributed by atoms with Crippen LogP contribution in [0.15, 0.2) is 69.6 Å². The van der Waals surface area contributed by atoms with Gasteiger partial charge in [-0.3, -0.25) is 29.8 Å². The van der Waals surface area contributed by atoms with Crippen molar-refractivity contribution in [2.75, 3.05) is 0 Å². The molecule has 3 aromatic carbocycles. The van der Waals surface area contributed by atoms with Crippen LogP contribution in [0.25, 0.3) is 0 Å². The van der Waals surface area contributed by atoms with Crippen molar-refractivity contribution in [1.29, 1.82) is 0 Å². The lowest BCUT2D eigenvalue weighted by atomic mass is 9.97. The van der Waals surface area contributed by atoms with E-state index in [9.17, 15) is 29.8 Å². The predicted octanol–water partition coefficient (Wildman–Crippen LogP) is 5.49. The van der Waals surface area contributed by atoms with Gasteiger partial charge in [0.2, 0.25) is 0 Å². The number of ketones is 2. The lowest BCUT2D eigenvalue weighted by Crippen LogP contribution is -2.07. The zero-order valence-electron chi connectivity index (χ0n) is 14.9. The molecule has 0 saturated carbocycles. The van der Waals surface area contributed by atoms with E-state index < -0.39 is 21.4 Å². The second-order valence-corrected chi connectivity index (χ2v) is 7.79. The zero-order chi connectivity index (χ0) is 22.0. The Labute approximate surface area is 186 Å². The maximum absolute atomic E-state index is 12.8. The average molecular weight is 534 g/mol. The molecule has 0 aliphatic carbocycles. The standard InChI is InChI=1S/C20H10Br2N2O6/c21-15-6-4-13(9-17(15)23(27)28)19(25)11-2-1-3-12(8-11)20(26)14-5-7-16(22)18(10-14)24(29)30/h1-10H. The van der Waals surface area contributed by atoms with Gasteiger partial charge in [0.05, 0.1) is 18.8 Å². The van der Waals surface area contributed by atoms with Crippen molar-refractivity contribution in [3.05, 3.63) is 112 Å². The van der Waals surface area contributed by atoms with E-state index in [1.807, 2.05) is 0 Å². The molecule has 8 nitrogen and oxygen atoms in total. The summed E-state index contributed by atoms with van der Waals surface area (Å²) < 4.78 is 0.481. The Hall–Kier alpha value is -3.24. The van der Waals surface area contributed by atoms with Crippen LogP contribution in [0, 0.1) is 20.2 Å². The van der Waals surface area contributed by atoms with Gasteiger partial charge in [0.1, 0.15) is 0 Å². The highest BCUT2D eigenvalue weighted by Gasteiger charge is 2.20. The van der Waals surface area contributed by atoms with Gasteiger partial charge in [-0.15, -0.1) is 0 Å². The first-order valence-electron chi connectivity index (χ1n) is 8.26. The van der Waals surface area contributed by atoms with Crippen LogP contribution < -0.4 is 0 Å². The first-order chi connectivity index (χ1) is 14.2. The van der Waals surface area contributed by atoms with E-state index in [1.165, 1.54) is 48.5 Å². The molecule has 10 heteroatoms. The Bertz CT molecular complexity index is 1130. The molecule has 0 heterocycles. The third kappa shape index (κ3) is 4.34. The maximum atomic E-state index is 12.8. The third-order valence-electron chi connectivity index (χ3n) is 4.20. The largest absolute Gasteiger partial charge is 0.289 e. The summed E-state index contributed by atoms with van der Waals surface area (Å²) in [6.07, 6.45) is 0. The van der Waals surface area contributed by atoms with E-state index >= 15 is 0 Å². The number of hydrogen-bond donors (Lipinski definition) is 0. The molecule has 30 heavy (non-hydrogen) atoms. The minimum Gasteiger partial charge on any atom is -0.289 e. The van der Waals surface area contributed by atoms with Crippen molar-refractivity contribution in [2.24, 2.45) is 0 Å². The zero-order valence-corrected chi connectivity index (χ0v) is 18.0. The average Bonchev–Trinajstić information content (AvgIpc) is 2.73. The molecule has 0 aliphatic rings. The Kier molecular flexibility index (Phi) is 6.18. The molecule has 0 spiro atoms. The van der Waals surface area contributed by atoms with Gasteiger partial charge in [-0.1, -0.05) is 18.2 Å². The number of rotatable bonds is 6. The van der Waals surface area contributed by atoms with Crippen LogP contribution >= 0.6 is 31.9 Å². The van der Waals surface area contributed by atoms with Crippen LogP contribution in [0.3, 0.4) is 0 Å². The topological polar surface area (TPSA) is 120 Å². The summed E-state index contributed by atoms with van der Waals surface area (Å²) in [4.78, 5) is 46.6. The Morgan fingerprint density at radius 3 is 1.37 bits per heavy atom. The number of carbonyl (C=O) groups is 2. The van der Waals surface area contributed by atoms with E-state index in [1.54, 1.807) is 0 Å². The monoisotopic (exact) mass is 532 g/mol. The molecule has 0 unspecified atom stereocenters. The van der Waals surface area contributed by atoms with Gasteiger partial charge in [0.15, 0.2) is 11.6 Å². The number of nitrogens with zero attached hydrogens (tertiary/aromatic N) is 2. The third-order valence-corrected chi connectivity index (χ3v) is 5.54. The van der Waals surface area contributed by atoms with Gasteiger partial charge in [-0.05, 0) is 62.2 Å². The summed E-state index contributed by atoms with van der Waals surface area (Å²) in [5, 5.41) is 22.2. The molecule has 3 aromatic rings. The van der Waals surface area contributed by atoms with Crippen LogP contribution in [0.1, 0.15) is 31.8 Å². The van der Waals surface area contributed by atoms with Gasteiger partial charge in [0.25, 0.3) is 11.4 Å². The van der Waals surface area contributed by atoms with Crippen LogP contribution in [-0.4, -0.2) is 21.4 Å². The first kappa shape index (κ1) is 21.5. The fourth-order valence-corrected chi connectivity index (χ4v) is 3.51. The second kappa shape index (κ2) is 8.64. The molecule has 0 radical (unpaired) electrons. The minimum atomic E-state index is -0.610. The van der Waals surface area contributed by atoms with Gasteiger partial charge in [0, 0.05) is 34.4 Å². The van der Waals surface area contributed by atoms with Crippen LogP contribution in [0.5, 0.6) is 0 Å². The van der Waals surface area contributed by atoms with Crippen molar-refractivity contribution in [3.63, 3.8) is 0 Å². The van der Waals surface area contributed by atoms with Gasteiger partial charge < -0.3 is 0 Å². The summed E-state index contributed by atoms with van der Waals surface area (Å²) in [5.74, 6) is -0.996. The molecule has 0 N–H and O–H groups in total. The van der Waals surface area contributed by atoms with E-state index in [2.05, 4.69) is 31.9 Å². The fourth-order valence-electron chi connectivity index (χ4n) is 2.72. The SMILES string of the molecule is O=C(c1cccc(C(=O)c2ccc(Br)c([N+](=O)[O-])c2)c1)c1ccc(Br)c([N+](=O)[O-])c1. The van der Waals surface area contributed by atoms with E-state index in [4.69, 9.17) is 0 Å². The second-order valence-electron chi connectivity index (χ2n) is 6.09. The minimum absolute atomic E-state index is 0.0915. The van der Waals surface area contributed by atoms with Crippen molar-refractivity contribution in [1.82, 2.24) is 0 Å². The highest BCUT2D eigenvalue weighted by atomic mass is 79.9. The number of carbonyl (C=O) groups excluding carboxylic acids is 2. The van der Waals surface area contributed by atoms with Crippen molar-refractivity contribution in [2.45, 2.75) is 0 Å².